The lowest BCUT2D eigenvalue weighted by Gasteiger charge is -2.14. The van der Waals surface area contributed by atoms with E-state index in [0.29, 0.717) is 10.6 Å². The van der Waals surface area contributed by atoms with E-state index < -0.39 is 15.8 Å². The van der Waals surface area contributed by atoms with Gasteiger partial charge in [-0.25, -0.2) is 23.7 Å². The predicted molar refractivity (Wildman–Crippen MR) is 139 cm³/mol. The smallest absolute Gasteiger partial charge is 0.418 e. The van der Waals surface area contributed by atoms with Gasteiger partial charge in [0, 0.05) is 24.5 Å². The second-order valence-corrected chi connectivity index (χ2v) is 10.6. The Bertz CT molecular complexity index is 1270. The fourth-order valence-corrected chi connectivity index (χ4v) is 4.61. The third-order valence-electron chi connectivity index (χ3n) is 4.74. The molecule has 2 N–H and O–H groups in total. The fraction of sp³-hybridized carbons (Fsp3) is 0.304. The quantitative estimate of drug-likeness (QED) is 0.369. The lowest BCUT2D eigenvalue weighted by Crippen LogP contribution is -2.31. The van der Waals surface area contributed by atoms with Crippen molar-refractivity contribution >= 4 is 54.3 Å². The zero-order valence-electron chi connectivity index (χ0n) is 19.3. The number of halogens is 1. The van der Waals surface area contributed by atoms with Crippen LogP contribution in [-0.2, 0) is 21.1 Å². The van der Waals surface area contributed by atoms with Crippen LogP contribution in [-0.4, -0.2) is 64.8 Å². The number of amides is 1. The maximum absolute atomic E-state index is 12.9. The van der Waals surface area contributed by atoms with Crippen LogP contribution < -0.4 is 14.8 Å². The Morgan fingerprint density at radius 2 is 2.03 bits per heavy atom. The van der Waals surface area contributed by atoms with E-state index in [0.717, 1.165) is 39.8 Å². The molecule has 2 aromatic carbocycles. The van der Waals surface area contributed by atoms with Gasteiger partial charge in [-0.05, 0) is 66.6 Å². The number of fused-ring (bicyclic) bond motifs is 1. The van der Waals surface area contributed by atoms with Gasteiger partial charge in [-0.3, -0.25) is 0 Å². The summed E-state index contributed by atoms with van der Waals surface area (Å²) in [4.78, 5) is 22.9. The lowest BCUT2D eigenvalue weighted by atomic mass is 10.2. The van der Waals surface area contributed by atoms with Gasteiger partial charge in [-0.1, -0.05) is 12.1 Å². The zero-order valence-corrected chi connectivity index (χ0v) is 21.7. The molecule has 3 rings (SSSR count). The third-order valence-corrected chi connectivity index (χ3v) is 6.87. The number of carbonyl (C=O) groups is 1. The molecule has 0 spiro atoms. The highest BCUT2D eigenvalue weighted by atomic mass is 79.9. The van der Waals surface area contributed by atoms with Gasteiger partial charge in [-0.15, -0.1) is 0 Å². The summed E-state index contributed by atoms with van der Waals surface area (Å²) in [6, 6.07) is 10.7. The van der Waals surface area contributed by atoms with Crippen LogP contribution in [0.4, 0.5) is 10.6 Å². The molecule has 1 amide bonds. The summed E-state index contributed by atoms with van der Waals surface area (Å²) in [5, 5.41) is 4.22. The molecule has 11 heteroatoms. The Morgan fingerprint density at radius 3 is 2.76 bits per heavy atom. The van der Waals surface area contributed by atoms with Crippen molar-refractivity contribution < 1.29 is 18.5 Å². The van der Waals surface area contributed by atoms with Crippen LogP contribution in [0.5, 0.6) is 5.75 Å². The number of aromatic nitrogens is 2. The summed E-state index contributed by atoms with van der Waals surface area (Å²) < 4.78 is 26.7. The summed E-state index contributed by atoms with van der Waals surface area (Å²) in [6.07, 6.45) is 0.741. The molecule has 0 saturated heterocycles. The van der Waals surface area contributed by atoms with Crippen molar-refractivity contribution in [3.05, 3.63) is 52.8 Å². The standard InChI is InChI=1S/C23H28BrN5O4S/c1-5-32-23(30)28-34(4,31)17-8-6-7-16(11-17)14-33-21-13-20-18(12-19(21)24)22(27-15-26-20)25-9-10-29(2)3/h6-8,11-13,15H,4-5,9-10,14H2,1-3H3,(H,25,26,27)(H,28,30,31). The van der Waals surface area contributed by atoms with Gasteiger partial charge in [0.2, 0.25) is 0 Å². The largest absolute Gasteiger partial charge is 0.488 e. The summed E-state index contributed by atoms with van der Waals surface area (Å²) in [7, 11) is 0.973. The minimum atomic E-state index is -3.06. The highest BCUT2D eigenvalue weighted by Crippen LogP contribution is 2.32. The second kappa shape index (κ2) is 11.5. The minimum absolute atomic E-state index is 0.175. The molecular formula is C23H28BrN5O4S. The van der Waals surface area contributed by atoms with Gasteiger partial charge >= 0.3 is 6.09 Å². The number of ether oxygens (including phenoxy) is 2. The van der Waals surface area contributed by atoms with E-state index in [1.54, 1.807) is 25.1 Å². The summed E-state index contributed by atoms with van der Waals surface area (Å²) >= 11 is 3.57. The maximum Gasteiger partial charge on any atom is 0.418 e. The van der Waals surface area contributed by atoms with Crippen molar-refractivity contribution in [2.45, 2.75) is 18.4 Å². The Morgan fingerprint density at radius 1 is 1.24 bits per heavy atom. The molecule has 0 aliphatic rings. The monoisotopic (exact) mass is 549 g/mol. The molecule has 0 saturated carbocycles. The van der Waals surface area contributed by atoms with Crippen molar-refractivity contribution in [1.82, 2.24) is 19.6 Å². The molecule has 0 aliphatic carbocycles. The first-order chi connectivity index (χ1) is 16.2. The van der Waals surface area contributed by atoms with E-state index >= 15 is 0 Å². The fourth-order valence-electron chi connectivity index (χ4n) is 3.06. The molecule has 0 fully saturated rings. The molecule has 0 radical (unpaired) electrons. The first-order valence-corrected chi connectivity index (χ1v) is 13.1. The summed E-state index contributed by atoms with van der Waals surface area (Å²) in [6.45, 7) is 3.69. The average Bonchev–Trinajstić information content (AvgIpc) is 2.78. The van der Waals surface area contributed by atoms with Crippen LogP contribution in [0.1, 0.15) is 12.5 Å². The molecule has 34 heavy (non-hydrogen) atoms. The zero-order chi connectivity index (χ0) is 24.7. The number of anilines is 1. The Labute approximate surface area is 208 Å². The van der Waals surface area contributed by atoms with Crippen molar-refractivity contribution in [2.75, 3.05) is 39.1 Å². The van der Waals surface area contributed by atoms with E-state index in [2.05, 4.69) is 46.7 Å². The lowest BCUT2D eigenvalue weighted by molar-refractivity contribution is 0.159. The number of hydrogen-bond donors (Lipinski definition) is 2. The molecule has 1 atom stereocenters. The van der Waals surface area contributed by atoms with Crippen LogP contribution >= 0.6 is 15.9 Å². The Hall–Kier alpha value is -2.89. The topological polar surface area (TPSA) is 106 Å². The van der Waals surface area contributed by atoms with Gasteiger partial charge in [0.25, 0.3) is 0 Å². The van der Waals surface area contributed by atoms with E-state index in [1.807, 2.05) is 32.3 Å². The van der Waals surface area contributed by atoms with Crippen molar-refractivity contribution in [3.63, 3.8) is 0 Å². The molecule has 1 heterocycles. The normalized spacial score (nSPS) is 12.9. The van der Waals surface area contributed by atoms with E-state index in [9.17, 15) is 9.00 Å². The highest BCUT2D eigenvalue weighted by Gasteiger charge is 2.14. The number of nitrogens with one attached hydrogen (secondary N) is 2. The summed E-state index contributed by atoms with van der Waals surface area (Å²) in [5.41, 5.74) is 1.51. The van der Waals surface area contributed by atoms with E-state index in [1.165, 1.54) is 6.33 Å². The minimum Gasteiger partial charge on any atom is -0.488 e. The average molecular weight is 550 g/mol. The van der Waals surface area contributed by atoms with Gasteiger partial charge in [0.05, 0.1) is 31.2 Å². The second-order valence-electron chi connectivity index (χ2n) is 7.69. The molecule has 0 aliphatic heterocycles. The first-order valence-electron chi connectivity index (χ1n) is 10.6. The van der Waals surface area contributed by atoms with E-state index in [4.69, 9.17) is 9.47 Å². The number of carbonyl (C=O) groups excluding carboxylic acids is 1. The third kappa shape index (κ3) is 6.81. The first kappa shape index (κ1) is 25.7. The van der Waals surface area contributed by atoms with Gasteiger partial charge < -0.3 is 19.7 Å². The highest BCUT2D eigenvalue weighted by molar-refractivity contribution is 9.10. The van der Waals surface area contributed by atoms with Gasteiger partial charge in [0.15, 0.2) is 0 Å². The molecular weight excluding hydrogens is 522 g/mol. The summed E-state index contributed by atoms with van der Waals surface area (Å²) in [5.74, 6) is 5.02. The van der Waals surface area contributed by atoms with Gasteiger partial charge in [0.1, 0.15) is 24.5 Å². The van der Waals surface area contributed by atoms with Crippen LogP contribution in [0.25, 0.3) is 10.9 Å². The van der Waals surface area contributed by atoms with Gasteiger partial charge in [-0.2, -0.15) is 0 Å². The number of nitrogens with zero attached hydrogens (tertiary/aromatic N) is 3. The van der Waals surface area contributed by atoms with Crippen LogP contribution in [0.15, 0.2) is 52.1 Å². The maximum atomic E-state index is 12.9. The van der Waals surface area contributed by atoms with Crippen molar-refractivity contribution in [2.24, 2.45) is 0 Å². The SMILES string of the molecule is C=S(=O)(NC(=O)OCC)c1cccc(COc2cc3ncnc(NCCN(C)C)c3cc2Br)c1. The van der Waals surface area contributed by atoms with E-state index in [-0.39, 0.29) is 13.2 Å². The predicted octanol–water partition coefficient (Wildman–Crippen LogP) is 3.68. The Balaban J connectivity index is 1.75. The molecule has 0 bridgehead atoms. The molecule has 1 aromatic heterocycles. The number of benzene rings is 2. The van der Waals surface area contributed by atoms with Crippen molar-refractivity contribution in [3.8, 4) is 5.75 Å². The van der Waals surface area contributed by atoms with Crippen molar-refractivity contribution in [1.29, 1.82) is 0 Å². The number of likely N-dealkylation sites (N-methyl/N-ethyl adjacent to an activating group) is 1. The Kier molecular flexibility index (Phi) is 8.70. The number of rotatable bonds is 10. The van der Waals surface area contributed by atoms with Crippen LogP contribution in [0.2, 0.25) is 0 Å². The molecule has 182 valence electrons. The van der Waals surface area contributed by atoms with Crippen LogP contribution in [0.3, 0.4) is 0 Å². The number of hydrogen-bond acceptors (Lipinski definition) is 8. The molecule has 9 nitrogen and oxygen atoms in total. The molecule has 3 aromatic rings. The van der Waals surface area contributed by atoms with Crippen LogP contribution in [0, 0.1) is 0 Å². The molecule has 1 unspecified atom stereocenters.